The molecule has 56 heavy (non-hydrogen) atoms. The fraction of sp³-hybridized carbons (Fsp3) is 0.487. The number of carbonyl (C=O) groups is 4. The Morgan fingerprint density at radius 1 is 0.714 bits per heavy atom. The number of rotatable bonds is 3. The van der Waals surface area contributed by atoms with E-state index in [1.54, 1.807) is 92.3 Å². The van der Waals surface area contributed by atoms with Crippen molar-refractivity contribution >= 4 is 69.2 Å². The maximum atomic E-state index is 12.9. The van der Waals surface area contributed by atoms with Crippen LogP contribution in [0.5, 0.6) is 0 Å². The van der Waals surface area contributed by atoms with Gasteiger partial charge in [-0.3, -0.25) is 14.4 Å². The van der Waals surface area contributed by atoms with Crippen LogP contribution in [0.2, 0.25) is 10.0 Å². The molecule has 0 radical (unpaired) electrons. The summed E-state index contributed by atoms with van der Waals surface area (Å²) in [5, 5.41) is 17.1. The summed E-state index contributed by atoms with van der Waals surface area (Å²) in [5.74, 6) is -2.05. The molecule has 17 heteroatoms. The number of aryl methyl sites for hydroxylation is 2. The fourth-order valence-electron chi connectivity index (χ4n) is 5.77. The average molecular weight is 842 g/mol. The number of nitrogens with zero attached hydrogens (tertiary/aromatic N) is 2. The molecule has 6 rings (SSSR count). The second kappa shape index (κ2) is 17.7. The van der Waals surface area contributed by atoms with Gasteiger partial charge in [0.1, 0.15) is 16.8 Å². The summed E-state index contributed by atoms with van der Waals surface area (Å²) in [6.07, 6.45) is -0.588. The zero-order valence-electron chi connectivity index (χ0n) is 32.4. The summed E-state index contributed by atoms with van der Waals surface area (Å²) < 4.78 is 28.4. The summed E-state index contributed by atoms with van der Waals surface area (Å²) in [7, 11) is 6.33. The van der Waals surface area contributed by atoms with Crippen molar-refractivity contribution in [3.63, 3.8) is 0 Å². The van der Waals surface area contributed by atoms with Gasteiger partial charge >= 0.3 is 11.5 Å². The van der Waals surface area contributed by atoms with Gasteiger partial charge in [-0.1, -0.05) is 42.8 Å². The van der Waals surface area contributed by atoms with Crippen molar-refractivity contribution in [1.29, 1.82) is 0 Å². The molecule has 0 saturated carbocycles. The second-order valence-electron chi connectivity index (χ2n) is 14.8. The molecular weight excluding hydrogens is 791 g/mol. The highest BCUT2D eigenvalue weighted by Gasteiger charge is 2.54. The highest BCUT2D eigenvalue weighted by atomic mass is 35.5. The first kappa shape index (κ1) is 46.5. The lowest BCUT2D eigenvalue weighted by molar-refractivity contribution is -0.267. The van der Waals surface area contributed by atoms with Crippen LogP contribution in [0.15, 0.2) is 47.9 Å². The minimum atomic E-state index is -1.07. The van der Waals surface area contributed by atoms with Crippen molar-refractivity contribution in [2.24, 2.45) is 0 Å². The van der Waals surface area contributed by atoms with Crippen LogP contribution in [-0.2, 0) is 33.3 Å². The van der Waals surface area contributed by atoms with Gasteiger partial charge < -0.3 is 49.2 Å². The molecule has 0 aliphatic carbocycles. The Hall–Kier alpha value is -3.89. The zero-order valence-corrected chi connectivity index (χ0v) is 34.7. The molecule has 4 aliphatic heterocycles. The van der Waals surface area contributed by atoms with E-state index in [0.29, 0.717) is 21.2 Å². The summed E-state index contributed by atoms with van der Waals surface area (Å²) in [4.78, 5) is 50.0. The Bertz CT molecular complexity index is 1910. The number of hydrogen-bond donors (Lipinski definition) is 3. The lowest BCUT2D eigenvalue weighted by Crippen LogP contribution is -2.59. The topological polar surface area (TPSA) is 165 Å². The van der Waals surface area contributed by atoms with E-state index in [2.05, 4.69) is 10.6 Å². The van der Waals surface area contributed by atoms with Crippen molar-refractivity contribution in [1.82, 2.24) is 20.4 Å². The number of benzene rings is 2. The molecular formula is C39H51Cl3N4O10. The van der Waals surface area contributed by atoms with Gasteiger partial charge in [0.25, 0.3) is 11.8 Å². The molecule has 0 atom stereocenters. The first-order valence-corrected chi connectivity index (χ1v) is 18.2. The van der Waals surface area contributed by atoms with E-state index >= 15 is 0 Å². The highest BCUT2D eigenvalue weighted by molar-refractivity contribution is 6.62. The normalized spacial score (nSPS) is 19.8. The standard InChI is InChI=1S/C19H23ClN2O5.C16H18ClNO4.C3H6ClNO.CH4/c1-11-8-12(20)6-7-13(11)14-15(27-17(24)22(4)5)19(21-16(14)23)9-25-18(2,3)26-10-19;1-9-6-10(17)4-5-11(9)12-13(19)16(18-14(12)20)7-21-15(2,3)22-8-16;1-5(2)3(4)6;/h6-8H,9-10H2,1-5H3,(H,21,23);4-6,19H,7-8H2,1-3H3,(H,18,20);1-2H3;1H4. The first-order valence-electron chi connectivity index (χ1n) is 17.1. The van der Waals surface area contributed by atoms with E-state index < -0.39 is 34.1 Å². The summed E-state index contributed by atoms with van der Waals surface area (Å²) in [6, 6.07) is 10.4. The molecule has 2 spiro atoms. The number of amides is 4. The predicted molar refractivity (Wildman–Crippen MR) is 214 cm³/mol. The van der Waals surface area contributed by atoms with Gasteiger partial charge in [0.15, 0.2) is 17.3 Å². The number of carbonyl (C=O) groups excluding carboxylic acids is 4. The molecule has 308 valence electrons. The molecule has 2 fully saturated rings. The van der Waals surface area contributed by atoms with Crippen LogP contribution in [-0.4, -0.2) is 115 Å². The van der Waals surface area contributed by atoms with Crippen molar-refractivity contribution in [2.75, 3.05) is 54.6 Å². The van der Waals surface area contributed by atoms with Gasteiger partial charge in [-0.15, -0.1) is 0 Å². The van der Waals surface area contributed by atoms with Crippen molar-refractivity contribution in [3.05, 3.63) is 80.2 Å². The largest absolute Gasteiger partial charge is 0.509 e. The molecule has 4 aliphatic rings. The molecule has 2 aromatic carbocycles. The molecule has 4 amide bonds. The summed E-state index contributed by atoms with van der Waals surface area (Å²) in [6.45, 7) is 11.4. The lowest BCUT2D eigenvalue weighted by Gasteiger charge is -2.41. The van der Waals surface area contributed by atoms with Crippen LogP contribution in [0.4, 0.5) is 9.59 Å². The molecule has 2 saturated heterocycles. The smallest absolute Gasteiger partial charge is 0.414 e. The number of aliphatic hydroxyl groups excluding tert-OH is 1. The van der Waals surface area contributed by atoms with Crippen molar-refractivity contribution in [2.45, 2.75) is 71.6 Å². The Balaban J connectivity index is 0.000000262. The van der Waals surface area contributed by atoms with E-state index in [0.717, 1.165) is 11.1 Å². The van der Waals surface area contributed by atoms with Crippen LogP contribution in [0.3, 0.4) is 0 Å². The maximum Gasteiger partial charge on any atom is 0.414 e. The summed E-state index contributed by atoms with van der Waals surface area (Å²) >= 11 is 16.9. The van der Waals surface area contributed by atoms with E-state index in [1.165, 1.54) is 9.80 Å². The SMILES string of the molecule is C.CN(C)C(=O)Cl.Cc1cc(Cl)ccc1C1=C(O)C2(COC(C)(C)OC2)NC1=O.Cc1cc(Cl)ccc1C1=C(OC(=O)N(C)C)C2(COC(C)(C)OC2)NC1=O. The van der Waals surface area contributed by atoms with E-state index in [-0.39, 0.29) is 68.3 Å². The molecule has 14 nitrogen and oxygen atoms in total. The Kier molecular flexibility index (Phi) is 14.7. The van der Waals surface area contributed by atoms with Gasteiger partial charge in [0, 0.05) is 38.2 Å². The summed E-state index contributed by atoms with van der Waals surface area (Å²) in [5.41, 5.74) is 1.35. The van der Waals surface area contributed by atoms with Gasteiger partial charge in [-0.25, -0.2) is 4.79 Å². The Morgan fingerprint density at radius 2 is 1.09 bits per heavy atom. The van der Waals surface area contributed by atoms with E-state index in [9.17, 15) is 24.3 Å². The van der Waals surface area contributed by atoms with Gasteiger partial charge in [0.05, 0.1) is 37.6 Å². The Morgan fingerprint density at radius 3 is 1.48 bits per heavy atom. The number of halogens is 3. The first-order chi connectivity index (χ1) is 25.4. The number of ether oxygens (including phenoxy) is 5. The molecule has 0 bridgehead atoms. The van der Waals surface area contributed by atoms with Crippen molar-refractivity contribution in [3.8, 4) is 0 Å². The third kappa shape index (κ3) is 10.3. The highest BCUT2D eigenvalue weighted by Crippen LogP contribution is 2.41. The maximum absolute atomic E-state index is 12.9. The minimum Gasteiger partial charge on any atom is -0.509 e. The number of nitrogens with one attached hydrogen (secondary N) is 2. The zero-order chi connectivity index (χ0) is 41.3. The molecule has 2 aromatic rings. The van der Waals surface area contributed by atoms with Crippen molar-refractivity contribution < 1.29 is 48.0 Å². The van der Waals surface area contributed by atoms with Crippen LogP contribution >= 0.6 is 34.8 Å². The molecule has 0 unspecified atom stereocenters. The molecule has 3 N–H and O–H groups in total. The van der Waals surface area contributed by atoms with Crippen LogP contribution < -0.4 is 10.6 Å². The van der Waals surface area contributed by atoms with Crippen LogP contribution in [0.25, 0.3) is 11.1 Å². The Labute approximate surface area is 342 Å². The second-order valence-corrected chi connectivity index (χ2v) is 16.0. The number of hydrogen-bond acceptors (Lipinski definition) is 10. The third-order valence-corrected chi connectivity index (χ3v) is 9.81. The van der Waals surface area contributed by atoms with Crippen LogP contribution in [0, 0.1) is 13.8 Å². The average Bonchev–Trinajstić information content (AvgIpc) is 3.49. The van der Waals surface area contributed by atoms with Crippen LogP contribution in [0.1, 0.15) is 57.4 Å². The lowest BCUT2D eigenvalue weighted by atomic mass is 9.94. The van der Waals surface area contributed by atoms with Gasteiger partial charge in [0.2, 0.25) is 0 Å². The van der Waals surface area contributed by atoms with E-state index in [1.807, 2.05) is 13.8 Å². The monoisotopic (exact) mass is 840 g/mol. The molecule has 0 aromatic heterocycles. The van der Waals surface area contributed by atoms with Gasteiger partial charge in [-0.05, 0) is 99.7 Å². The predicted octanol–water partition coefficient (Wildman–Crippen LogP) is 6.82. The molecule has 4 heterocycles. The quantitative estimate of drug-likeness (QED) is 0.221. The van der Waals surface area contributed by atoms with Gasteiger partial charge in [-0.2, -0.15) is 0 Å². The minimum absolute atomic E-state index is 0. The number of aliphatic hydroxyl groups is 1. The van der Waals surface area contributed by atoms with E-state index in [4.69, 9.17) is 58.5 Å². The third-order valence-electron chi connectivity index (χ3n) is 9.00. The fourth-order valence-corrected chi connectivity index (χ4v) is 6.22.